The van der Waals surface area contributed by atoms with Crippen molar-refractivity contribution in [2.75, 3.05) is 19.1 Å². The number of benzene rings is 1. The molecule has 0 radical (unpaired) electrons. The molecule has 8 nitrogen and oxygen atoms in total. The molecule has 0 N–H and O–H groups in total. The Labute approximate surface area is 212 Å². The van der Waals surface area contributed by atoms with Gasteiger partial charge in [-0.05, 0) is 55.7 Å². The molecule has 1 aromatic carbocycles. The summed E-state index contributed by atoms with van der Waals surface area (Å²) in [5.41, 5.74) is 3.14. The first-order chi connectivity index (χ1) is 17.6. The van der Waals surface area contributed by atoms with Crippen LogP contribution in [0.4, 0.5) is 5.00 Å². The van der Waals surface area contributed by atoms with Crippen LogP contribution in [0.2, 0.25) is 0 Å². The number of anilines is 1. The number of nitrogens with zero attached hydrogens (tertiary/aromatic N) is 3. The molecule has 0 spiro atoms. The summed E-state index contributed by atoms with van der Waals surface area (Å²) < 4.78 is 11.0. The number of fused-ring (bicyclic) bond motifs is 9. The second kappa shape index (κ2) is 7.81. The average Bonchev–Trinajstić information content (AvgIpc) is 3.69. The summed E-state index contributed by atoms with van der Waals surface area (Å²) in [6, 6.07) is 7.90. The van der Waals surface area contributed by atoms with Crippen LogP contribution in [0.5, 0.6) is 11.5 Å². The van der Waals surface area contributed by atoms with E-state index in [2.05, 4.69) is 11.2 Å². The standard InChI is InChI=1S/C27H25N3O5S/c1-33-12-7-8-14(18(9-12)34-2)23-22-15-10-16(24(22)35-29-23)21-20(15)25(31)30(26(21)32)27-17(11-28)13-5-3-4-6-19(13)36-27/h7-9,15-16,20-22,24H,3-6,10H2,1-2H3. The highest BCUT2D eigenvalue weighted by Gasteiger charge is 2.71. The molecule has 2 aliphatic heterocycles. The largest absolute Gasteiger partial charge is 0.497 e. The molecule has 3 heterocycles. The number of rotatable bonds is 4. The molecule has 7 rings (SSSR count). The molecule has 6 unspecified atom stereocenters. The third-order valence-corrected chi connectivity index (χ3v) is 10.1. The van der Waals surface area contributed by atoms with Gasteiger partial charge in [-0.2, -0.15) is 5.26 Å². The number of hydrogen-bond acceptors (Lipinski definition) is 8. The van der Waals surface area contributed by atoms with Crippen LogP contribution in [-0.4, -0.2) is 37.8 Å². The molecule has 3 aliphatic carbocycles. The molecule has 3 fully saturated rings. The minimum Gasteiger partial charge on any atom is -0.497 e. The molecule has 1 aromatic heterocycles. The van der Waals surface area contributed by atoms with E-state index in [-0.39, 0.29) is 35.7 Å². The van der Waals surface area contributed by atoms with E-state index >= 15 is 0 Å². The monoisotopic (exact) mass is 503 g/mol. The third kappa shape index (κ3) is 2.71. The van der Waals surface area contributed by atoms with Crippen molar-refractivity contribution in [1.82, 2.24) is 0 Å². The van der Waals surface area contributed by atoms with Gasteiger partial charge in [0.1, 0.15) is 28.7 Å². The van der Waals surface area contributed by atoms with Crippen molar-refractivity contribution in [3.8, 4) is 17.6 Å². The first-order valence-electron chi connectivity index (χ1n) is 12.5. The number of imide groups is 1. The first-order valence-corrected chi connectivity index (χ1v) is 13.3. The molecule has 2 saturated carbocycles. The smallest absolute Gasteiger partial charge is 0.238 e. The van der Waals surface area contributed by atoms with Gasteiger partial charge in [-0.3, -0.25) is 9.59 Å². The van der Waals surface area contributed by atoms with Crippen LogP contribution >= 0.6 is 11.3 Å². The van der Waals surface area contributed by atoms with E-state index in [1.54, 1.807) is 14.2 Å². The molecule has 2 aromatic rings. The lowest BCUT2D eigenvalue weighted by Crippen LogP contribution is -2.41. The number of thiophene rings is 1. The first kappa shape index (κ1) is 21.9. The van der Waals surface area contributed by atoms with Gasteiger partial charge in [0.15, 0.2) is 0 Å². The Balaban J connectivity index is 1.24. The van der Waals surface area contributed by atoms with Crippen molar-refractivity contribution < 1.29 is 23.9 Å². The zero-order valence-corrected chi connectivity index (χ0v) is 20.8. The number of amides is 2. The number of nitriles is 1. The maximum Gasteiger partial charge on any atom is 0.238 e. The lowest BCUT2D eigenvalue weighted by molar-refractivity contribution is -0.125. The fraction of sp³-hybridized carbons (Fsp3) is 0.481. The zero-order valence-electron chi connectivity index (χ0n) is 20.0. The Morgan fingerprint density at radius 2 is 1.86 bits per heavy atom. The summed E-state index contributed by atoms with van der Waals surface area (Å²) in [5, 5.41) is 14.9. The van der Waals surface area contributed by atoms with Gasteiger partial charge in [0.25, 0.3) is 0 Å². The van der Waals surface area contributed by atoms with Crippen molar-refractivity contribution in [3.63, 3.8) is 0 Å². The Hall–Kier alpha value is -3.38. The number of oxime groups is 1. The van der Waals surface area contributed by atoms with E-state index in [1.165, 1.54) is 16.2 Å². The summed E-state index contributed by atoms with van der Waals surface area (Å²) in [4.78, 5) is 36.1. The molecule has 6 atom stereocenters. The number of carbonyl (C=O) groups excluding carboxylic acids is 2. The van der Waals surface area contributed by atoms with E-state index in [0.717, 1.165) is 53.8 Å². The number of hydrogen-bond donors (Lipinski definition) is 0. The van der Waals surface area contributed by atoms with E-state index in [1.807, 2.05) is 18.2 Å². The summed E-state index contributed by atoms with van der Waals surface area (Å²) in [7, 11) is 3.21. The second-order valence-corrected chi connectivity index (χ2v) is 11.4. The van der Waals surface area contributed by atoms with Gasteiger partial charge in [-0.25, -0.2) is 4.90 Å². The fourth-order valence-electron chi connectivity index (χ4n) is 7.38. The molecule has 2 amide bonds. The predicted molar refractivity (Wildman–Crippen MR) is 131 cm³/mol. The van der Waals surface area contributed by atoms with Crippen molar-refractivity contribution >= 4 is 33.9 Å². The van der Waals surface area contributed by atoms with Crippen molar-refractivity contribution in [2.24, 2.45) is 34.7 Å². The molecule has 5 aliphatic rings. The minimum atomic E-state index is -0.415. The average molecular weight is 504 g/mol. The van der Waals surface area contributed by atoms with Crippen LogP contribution in [0.15, 0.2) is 23.4 Å². The molecular formula is C27H25N3O5S. The summed E-state index contributed by atoms with van der Waals surface area (Å²) in [6.07, 6.45) is 4.38. The highest BCUT2D eigenvalue weighted by Crippen LogP contribution is 2.62. The molecular weight excluding hydrogens is 478 g/mol. The van der Waals surface area contributed by atoms with Crippen LogP contribution in [0.1, 0.15) is 40.8 Å². The number of ether oxygens (including phenoxy) is 2. The van der Waals surface area contributed by atoms with Gasteiger partial charge >= 0.3 is 0 Å². The molecule has 1 saturated heterocycles. The van der Waals surface area contributed by atoms with Crippen LogP contribution in [-0.2, 0) is 27.3 Å². The lowest BCUT2D eigenvalue weighted by atomic mass is 9.71. The highest BCUT2D eigenvalue weighted by molar-refractivity contribution is 7.17. The van der Waals surface area contributed by atoms with Gasteiger partial charge < -0.3 is 14.3 Å². The Kier molecular flexibility index (Phi) is 4.74. The molecule has 184 valence electrons. The SMILES string of the molecule is COc1ccc(C2=NOC3C4CC(C23)C2C(=O)N(c3sc5c(c3C#N)CCCC5)C(=O)C42)c(OC)c1. The van der Waals surface area contributed by atoms with E-state index in [4.69, 9.17) is 14.3 Å². The van der Waals surface area contributed by atoms with Crippen LogP contribution in [0.25, 0.3) is 0 Å². The number of carbonyl (C=O) groups is 2. The topological polar surface area (TPSA) is 101 Å². The van der Waals surface area contributed by atoms with Crippen LogP contribution < -0.4 is 14.4 Å². The normalized spacial score (nSPS) is 31.5. The zero-order chi connectivity index (χ0) is 24.7. The summed E-state index contributed by atoms with van der Waals surface area (Å²) in [6.45, 7) is 0. The quantitative estimate of drug-likeness (QED) is 0.590. The van der Waals surface area contributed by atoms with Gasteiger partial charge in [0.2, 0.25) is 11.8 Å². The van der Waals surface area contributed by atoms with Gasteiger partial charge in [0.05, 0.1) is 37.3 Å². The highest BCUT2D eigenvalue weighted by atomic mass is 32.1. The van der Waals surface area contributed by atoms with Crippen molar-refractivity contribution in [1.29, 1.82) is 5.26 Å². The van der Waals surface area contributed by atoms with Crippen molar-refractivity contribution in [3.05, 3.63) is 39.8 Å². The summed E-state index contributed by atoms with van der Waals surface area (Å²) in [5.74, 6) is -0.0517. The maximum atomic E-state index is 13.9. The minimum absolute atomic E-state index is 0.0420. The maximum absolute atomic E-state index is 13.9. The predicted octanol–water partition coefficient (Wildman–Crippen LogP) is 3.69. The molecule has 36 heavy (non-hydrogen) atoms. The van der Waals surface area contributed by atoms with Gasteiger partial charge in [-0.1, -0.05) is 5.16 Å². The van der Waals surface area contributed by atoms with Gasteiger partial charge in [-0.15, -0.1) is 11.3 Å². The van der Waals surface area contributed by atoms with Crippen molar-refractivity contribution in [2.45, 2.75) is 38.2 Å². The fourth-order valence-corrected chi connectivity index (χ4v) is 8.73. The lowest BCUT2D eigenvalue weighted by Gasteiger charge is -2.30. The second-order valence-electron chi connectivity index (χ2n) is 10.3. The van der Waals surface area contributed by atoms with E-state index in [9.17, 15) is 14.9 Å². The molecule has 2 bridgehead atoms. The number of methoxy groups -OCH3 is 2. The van der Waals surface area contributed by atoms with Crippen LogP contribution in [0, 0.1) is 40.9 Å². The van der Waals surface area contributed by atoms with E-state index in [0.29, 0.717) is 22.1 Å². The van der Waals surface area contributed by atoms with E-state index < -0.39 is 11.8 Å². The molecule has 9 heteroatoms. The number of aryl methyl sites for hydroxylation is 1. The summed E-state index contributed by atoms with van der Waals surface area (Å²) >= 11 is 1.46. The third-order valence-electron chi connectivity index (χ3n) is 8.84. The Morgan fingerprint density at radius 1 is 1.08 bits per heavy atom. The Morgan fingerprint density at radius 3 is 2.61 bits per heavy atom. The Bertz CT molecular complexity index is 1390. The van der Waals surface area contributed by atoms with Crippen LogP contribution in [0.3, 0.4) is 0 Å². The van der Waals surface area contributed by atoms with Gasteiger partial charge in [0, 0.05) is 28.3 Å².